The minimum absolute atomic E-state index is 0.0739. The van der Waals surface area contributed by atoms with Crippen LogP contribution in [-0.2, 0) is 13.1 Å². The van der Waals surface area contributed by atoms with Crippen molar-refractivity contribution >= 4 is 16.9 Å². The van der Waals surface area contributed by atoms with E-state index in [1.165, 1.54) is 12.8 Å². The van der Waals surface area contributed by atoms with Crippen molar-refractivity contribution in [2.45, 2.75) is 51.7 Å². The molecule has 27 heavy (non-hydrogen) atoms. The van der Waals surface area contributed by atoms with Crippen LogP contribution in [0.1, 0.15) is 54.7 Å². The zero-order valence-electron chi connectivity index (χ0n) is 15.8. The molecule has 142 valence electrons. The monoisotopic (exact) mass is 367 g/mol. The average Bonchev–Trinajstić information content (AvgIpc) is 3.39. The molecule has 7 nitrogen and oxygen atoms in total. The van der Waals surface area contributed by atoms with E-state index in [0.717, 1.165) is 36.1 Å². The number of aromatic amines is 1. The average molecular weight is 367 g/mol. The Morgan fingerprint density at radius 1 is 1.33 bits per heavy atom. The molecular formula is C20H25N5O2. The number of rotatable bonds is 5. The van der Waals surface area contributed by atoms with Crippen LogP contribution in [0.25, 0.3) is 11.0 Å². The third kappa shape index (κ3) is 3.18. The molecule has 4 rings (SSSR count). The van der Waals surface area contributed by atoms with E-state index in [9.17, 15) is 9.59 Å². The van der Waals surface area contributed by atoms with E-state index >= 15 is 0 Å². The maximum atomic E-state index is 12.9. The SMILES string of the molecule is CCn1cncc1CN(C)C(=O)c1ccc2c(c1)[nH]c(=O)n2C1CCCC1. The lowest BCUT2D eigenvalue weighted by molar-refractivity contribution is 0.0782. The van der Waals surface area contributed by atoms with E-state index in [1.54, 1.807) is 30.5 Å². The van der Waals surface area contributed by atoms with Crippen LogP contribution in [0.2, 0.25) is 0 Å². The van der Waals surface area contributed by atoms with Gasteiger partial charge in [0, 0.05) is 31.4 Å². The number of fused-ring (bicyclic) bond motifs is 1. The van der Waals surface area contributed by atoms with Crippen LogP contribution in [0.15, 0.2) is 35.5 Å². The number of hydrogen-bond acceptors (Lipinski definition) is 3. The van der Waals surface area contributed by atoms with Crippen molar-refractivity contribution < 1.29 is 4.79 Å². The fourth-order valence-electron chi connectivity index (χ4n) is 4.09. The summed E-state index contributed by atoms with van der Waals surface area (Å²) in [5.74, 6) is -0.0739. The highest BCUT2D eigenvalue weighted by atomic mass is 16.2. The lowest BCUT2D eigenvalue weighted by Crippen LogP contribution is -2.27. The van der Waals surface area contributed by atoms with Crippen molar-refractivity contribution in [2.75, 3.05) is 7.05 Å². The van der Waals surface area contributed by atoms with Gasteiger partial charge in [0.1, 0.15) is 0 Å². The van der Waals surface area contributed by atoms with Gasteiger partial charge in [0.05, 0.1) is 29.6 Å². The fraction of sp³-hybridized carbons (Fsp3) is 0.450. The van der Waals surface area contributed by atoms with Gasteiger partial charge in [-0.25, -0.2) is 9.78 Å². The first kappa shape index (κ1) is 17.6. The summed E-state index contributed by atoms with van der Waals surface area (Å²) in [5, 5.41) is 0. The Balaban J connectivity index is 1.60. The molecule has 3 aromatic rings. The molecule has 0 unspecified atom stereocenters. The summed E-state index contributed by atoms with van der Waals surface area (Å²) in [5.41, 5.74) is 3.10. The molecule has 7 heteroatoms. The summed E-state index contributed by atoms with van der Waals surface area (Å²) in [6, 6.07) is 5.77. The molecule has 1 fully saturated rings. The minimum atomic E-state index is -0.0818. The van der Waals surface area contributed by atoms with Gasteiger partial charge in [-0.2, -0.15) is 0 Å². The van der Waals surface area contributed by atoms with Crippen LogP contribution in [0, 0.1) is 0 Å². The molecule has 0 aliphatic heterocycles. The smallest absolute Gasteiger partial charge is 0.326 e. The largest absolute Gasteiger partial charge is 0.336 e. The van der Waals surface area contributed by atoms with E-state index in [4.69, 9.17) is 0 Å². The maximum absolute atomic E-state index is 12.9. The van der Waals surface area contributed by atoms with Gasteiger partial charge >= 0.3 is 5.69 Å². The molecule has 1 aliphatic carbocycles. The van der Waals surface area contributed by atoms with Gasteiger partial charge in [-0.15, -0.1) is 0 Å². The number of imidazole rings is 2. The number of aromatic nitrogens is 4. The quantitative estimate of drug-likeness (QED) is 0.753. The number of aryl methyl sites for hydroxylation is 1. The minimum Gasteiger partial charge on any atom is -0.336 e. The highest BCUT2D eigenvalue weighted by Crippen LogP contribution is 2.30. The molecule has 1 saturated carbocycles. The van der Waals surface area contributed by atoms with Crippen molar-refractivity contribution in [3.8, 4) is 0 Å². The molecule has 1 N–H and O–H groups in total. The van der Waals surface area contributed by atoms with Crippen LogP contribution in [0.4, 0.5) is 0 Å². The highest BCUT2D eigenvalue weighted by Gasteiger charge is 2.22. The third-order valence-electron chi connectivity index (χ3n) is 5.54. The molecular weight excluding hydrogens is 342 g/mol. The van der Waals surface area contributed by atoms with E-state index in [-0.39, 0.29) is 17.6 Å². The number of benzene rings is 1. The van der Waals surface area contributed by atoms with Gasteiger partial charge in [0.15, 0.2) is 0 Å². The number of nitrogens with zero attached hydrogens (tertiary/aromatic N) is 4. The van der Waals surface area contributed by atoms with E-state index in [2.05, 4.69) is 9.97 Å². The van der Waals surface area contributed by atoms with Gasteiger partial charge in [-0.05, 0) is 38.0 Å². The number of amides is 1. The molecule has 2 aromatic heterocycles. The van der Waals surface area contributed by atoms with Crippen LogP contribution < -0.4 is 5.69 Å². The predicted molar refractivity (Wildman–Crippen MR) is 104 cm³/mol. The van der Waals surface area contributed by atoms with Gasteiger partial charge < -0.3 is 14.5 Å². The predicted octanol–water partition coefficient (Wildman–Crippen LogP) is 2.93. The second-order valence-corrected chi connectivity index (χ2v) is 7.30. The summed E-state index contributed by atoms with van der Waals surface area (Å²) < 4.78 is 3.88. The normalized spacial score (nSPS) is 14.9. The van der Waals surface area contributed by atoms with Crippen LogP contribution >= 0.6 is 0 Å². The molecule has 0 atom stereocenters. The Morgan fingerprint density at radius 2 is 2.11 bits per heavy atom. The first-order valence-corrected chi connectivity index (χ1v) is 9.57. The number of carbonyl (C=O) groups excluding carboxylic acids is 1. The molecule has 0 radical (unpaired) electrons. The van der Waals surface area contributed by atoms with Gasteiger partial charge in [0.2, 0.25) is 0 Å². The zero-order chi connectivity index (χ0) is 19.0. The number of nitrogens with one attached hydrogen (secondary N) is 1. The van der Waals surface area contributed by atoms with Crippen LogP contribution in [-0.4, -0.2) is 37.0 Å². The van der Waals surface area contributed by atoms with Gasteiger partial charge in [-0.3, -0.25) is 9.36 Å². The Labute approximate surface area is 157 Å². The first-order chi connectivity index (χ1) is 13.1. The Morgan fingerprint density at radius 3 is 2.85 bits per heavy atom. The second kappa shape index (κ2) is 7.06. The first-order valence-electron chi connectivity index (χ1n) is 9.57. The van der Waals surface area contributed by atoms with Crippen molar-refractivity contribution in [1.82, 2.24) is 24.0 Å². The standard InChI is InChI=1S/C20H25N5O2/c1-3-24-13-21-11-16(24)12-23(2)19(26)14-8-9-18-17(10-14)22-20(27)25(18)15-6-4-5-7-15/h8-11,13,15H,3-7,12H2,1-2H3,(H,22,27). The summed E-state index contributed by atoms with van der Waals surface area (Å²) in [4.78, 5) is 34.0. The van der Waals surface area contributed by atoms with E-state index < -0.39 is 0 Å². The van der Waals surface area contributed by atoms with Crippen molar-refractivity contribution in [2.24, 2.45) is 0 Å². The van der Waals surface area contributed by atoms with Crippen molar-refractivity contribution in [3.63, 3.8) is 0 Å². The molecule has 1 aliphatic rings. The fourth-order valence-corrected chi connectivity index (χ4v) is 4.09. The zero-order valence-corrected chi connectivity index (χ0v) is 15.8. The summed E-state index contributed by atoms with van der Waals surface area (Å²) in [6.45, 7) is 3.36. The van der Waals surface area contributed by atoms with E-state index in [0.29, 0.717) is 12.1 Å². The molecule has 1 amide bonds. The lowest BCUT2D eigenvalue weighted by Gasteiger charge is -2.18. The van der Waals surface area contributed by atoms with E-state index in [1.807, 2.05) is 28.2 Å². The second-order valence-electron chi connectivity index (χ2n) is 7.30. The Hall–Kier alpha value is -2.83. The molecule has 1 aromatic carbocycles. The molecule has 0 spiro atoms. The highest BCUT2D eigenvalue weighted by molar-refractivity contribution is 5.97. The van der Waals surface area contributed by atoms with Crippen molar-refractivity contribution in [1.29, 1.82) is 0 Å². The Kier molecular flexibility index (Phi) is 4.59. The number of H-pyrrole nitrogens is 1. The summed E-state index contributed by atoms with van der Waals surface area (Å²) in [7, 11) is 1.78. The number of carbonyl (C=O) groups is 1. The third-order valence-corrected chi connectivity index (χ3v) is 5.54. The topological polar surface area (TPSA) is 75.9 Å². The molecule has 2 heterocycles. The summed E-state index contributed by atoms with van der Waals surface area (Å²) >= 11 is 0. The molecule has 0 saturated heterocycles. The Bertz CT molecular complexity index is 1020. The van der Waals surface area contributed by atoms with Crippen LogP contribution in [0.3, 0.4) is 0 Å². The van der Waals surface area contributed by atoms with Gasteiger partial charge in [-0.1, -0.05) is 12.8 Å². The maximum Gasteiger partial charge on any atom is 0.326 e. The summed E-state index contributed by atoms with van der Waals surface area (Å²) in [6.07, 6.45) is 7.98. The number of hydrogen-bond donors (Lipinski definition) is 1. The van der Waals surface area contributed by atoms with Gasteiger partial charge in [0.25, 0.3) is 5.91 Å². The lowest BCUT2D eigenvalue weighted by atomic mass is 10.1. The van der Waals surface area contributed by atoms with Crippen LogP contribution in [0.5, 0.6) is 0 Å². The molecule has 0 bridgehead atoms. The van der Waals surface area contributed by atoms with Crippen molar-refractivity contribution in [3.05, 3.63) is 52.5 Å².